The number of hydrogen-bond donors (Lipinski definition) is 2. The minimum absolute atomic E-state index is 0.0720. The van der Waals surface area contributed by atoms with Crippen LogP contribution < -0.4 is 5.32 Å². The molecule has 0 fully saturated rings. The maximum atomic E-state index is 12.8. The summed E-state index contributed by atoms with van der Waals surface area (Å²) in [6, 6.07) is 15.8. The number of carbonyl (C=O) groups is 1. The number of fused-ring (bicyclic) bond motifs is 2. The summed E-state index contributed by atoms with van der Waals surface area (Å²) in [4.78, 5) is 23.8. The van der Waals surface area contributed by atoms with Gasteiger partial charge in [0.1, 0.15) is 5.82 Å². The van der Waals surface area contributed by atoms with Gasteiger partial charge in [-0.15, -0.1) is 0 Å². The summed E-state index contributed by atoms with van der Waals surface area (Å²) in [5.41, 5.74) is 5.95. The van der Waals surface area contributed by atoms with Gasteiger partial charge in [0.2, 0.25) is 5.91 Å². The van der Waals surface area contributed by atoms with Gasteiger partial charge in [0.25, 0.3) is 0 Å². The molecule has 0 bridgehead atoms. The van der Waals surface area contributed by atoms with Crippen LogP contribution in [0.15, 0.2) is 73.3 Å². The number of benzene rings is 2. The Morgan fingerprint density at radius 2 is 1.91 bits per heavy atom. The number of hydrogen-bond acceptors (Lipinski definition) is 7. The summed E-state index contributed by atoms with van der Waals surface area (Å²) in [5.74, 6) is 1.41. The molecule has 0 unspecified atom stereocenters. The van der Waals surface area contributed by atoms with Crippen LogP contribution in [0.4, 0.5) is 11.5 Å². The average molecular weight is 448 g/mol. The Hall–Kier alpha value is -4.66. The Morgan fingerprint density at radius 3 is 2.82 bits per heavy atom. The molecule has 1 aliphatic heterocycles. The van der Waals surface area contributed by atoms with E-state index in [1.54, 1.807) is 24.8 Å². The van der Waals surface area contributed by atoms with Gasteiger partial charge in [-0.2, -0.15) is 15.3 Å². The van der Waals surface area contributed by atoms with Gasteiger partial charge in [-0.3, -0.25) is 9.89 Å². The molecule has 9 nitrogen and oxygen atoms in total. The summed E-state index contributed by atoms with van der Waals surface area (Å²) >= 11 is 0. The molecule has 0 atom stereocenters. The molecule has 166 valence electrons. The number of amides is 1. The zero-order valence-corrected chi connectivity index (χ0v) is 18.1. The predicted octanol–water partition coefficient (Wildman–Crippen LogP) is 3.64. The van der Waals surface area contributed by atoms with E-state index in [2.05, 4.69) is 42.8 Å². The largest absolute Gasteiger partial charge is 0.340 e. The van der Waals surface area contributed by atoms with E-state index in [-0.39, 0.29) is 5.91 Å². The average Bonchev–Trinajstić information content (AvgIpc) is 3.51. The summed E-state index contributed by atoms with van der Waals surface area (Å²) in [7, 11) is 0. The molecule has 0 saturated carbocycles. The summed E-state index contributed by atoms with van der Waals surface area (Å²) in [6.45, 7) is 1.18. The first kappa shape index (κ1) is 20.0. The van der Waals surface area contributed by atoms with Gasteiger partial charge in [-0.05, 0) is 53.1 Å². The molecule has 0 aliphatic carbocycles. The Morgan fingerprint density at radius 1 is 0.971 bits per heavy atom. The van der Waals surface area contributed by atoms with Crippen molar-refractivity contribution in [3.05, 3.63) is 90.0 Å². The van der Waals surface area contributed by atoms with E-state index in [0.717, 1.165) is 38.8 Å². The van der Waals surface area contributed by atoms with Crippen LogP contribution in [-0.4, -0.2) is 41.2 Å². The first-order valence-corrected chi connectivity index (χ1v) is 10.9. The molecule has 5 aromatic rings. The van der Waals surface area contributed by atoms with E-state index in [1.807, 2.05) is 41.3 Å². The highest BCUT2D eigenvalue weighted by atomic mass is 16.2. The van der Waals surface area contributed by atoms with Crippen molar-refractivity contribution in [1.29, 1.82) is 0 Å². The number of H-pyrrole nitrogens is 1. The molecule has 2 N–H and O–H groups in total. The van der Waals surface area contributed by atoms with Crippen molar-refractivity contribution in [3.8, 4) is 11.4 Å². The summed E-state index contributed by atoms with van der Waals surface area (Å²) in [5, 5.41) is 19.0. The van der Waals surface area contributed by atoms with Gasteiger partial charge in [0.15, 0.2) is 5.82 Å². The van der Waals surface area contributed by atoms with Crippen LogP contribution in [0.3, 0.4) is 0 Å². The lowest BCUT2D eigenvalue weighted by atomic mass is 10.1. The van der Waals surface area contributed by atoms with Crippen molar-refractivity contribution in [2.75, 3.05) is 5.32 Å². The fourth-order valence-corrected chi connectivity index (χ4v) is 4.15. The first-order chi connectivity index (χ1) is 16.7. The van der Waals surface area contributed by atoms with Crippen molar-refractivity contribution in [2.24, 2.45) is 0 Å². The van der Waals surface area contributed by atoms with Crippen LogP contribution in [0.25, 0.3) is 22.3 Å². The maximum absolute atomic E-state index is 12.8. The van der Waals surface area contributed by atoms with E-state index in [4.69, 9.17) is 4.98 Å². The van der Waals surface area contributed by atoms with Crippen LogP contribution in [0.2, 0.25) is 0 Å². The highest BCUT2D eigenvalue weighted by Gasteiger charge is 2.24. The molecule has 34 heavy (non-hydrogen) atoms. The Bertz CT molecular complexity index is 1500. The monoisotopic (exact) mass is 448 g/mol. The molecule has 1 aliphatic rings. The van der Waals surface area contributed by atoms with Crippen molar-refractivity contribution in [3.63, 3.8) is 0 Å². The Balaban J connectivity index is 1.19. The summed E-state index contributed by atoms with van der Waals surface area (Å²) in [6.07, 6.45) is 7.08. The smallest absolute Gasteiger partial charge is 0.227 e. The molecule has 4 heterocycles. The van der Waals surface area contributed by atoms with E-state index in [0.29, 0.717) is 31.2 Å². The highest BCUT2D eigenvalue weighted by molar-refractivity contribution is 5.83. The molecular weight excluding hydrogens is 428 g/mol. The molecule has 2 aromatic carbocycles. The molecule has 0 radical (unpaired) electrons. The lowest BCUT2D eigenvalue weighted by Crippen LogP contribution is -2.26. The second kappa shape index (κ2) is 8.36. The van der Waals surface area contributed by atoms with Crippen LogP contribution in [0, 0.1) is 0 Å². The third-order valence-corrected chi connectivity index (χ3v) is 5.91. The lowest BCUT2D eigenvalue weighted by Gasteiger charge is -2.15. The fourth-order valence-electron chi connectivity index (χ4n) is 4.15. The Labute approximate surface area is 194 Å². The van der Waals surface area contributed by atoms with E-state index >= 15 is 0 Å². The number of nitrogens with one attached hydrogen (secondary N) is 2. The van der Waals surface area contributed by atoms with Gasteiger partial charge in [0.05, 0.1) is 24.3 Å². The molecule has 3 aromatic heterocycles. The molecule has 6 rings (SSSR count). The lowest BCUT2D eigenvalue weighted by molar-refractivity contribution is -0.131. The van der Waals surface area contributed by atoms with Gasteiger partial charge >= 0.3 is 0 Å². The van der Waals surface area contributed by atoms with E-state index in [1.165, 1.54) is 0 Å². The second-order valence-electron chi connectivity index (χ2n) is 8.22. The van der Waals surface area contributed by atoms with Gasteiger partial charge < -0.3 is 10.2 Å². The number of aromatic amines is 1. The van der Waals surface area contributed by atoms with Crippen molar-refractivity contribution in [1.82, 2.24) is 35.3 Å². The third-order valence-electron chi connectivity index (χ3n) is 5.91. The van der Waals surface area contributed by atoms with Crippen LogP contribution >= 0.6 is 0 Å². The second-order valence-corrected chi connectivity index (χ2v) is 8.22. The number of anilines is 2. The third kappa shape index (κ3) is 3.95. The van der Waals surface area contributed by atoms with E-state index in [9.17, 15) is 4.79 Å². The van der Waals surface area contributed by atoms with Crippen molar-refractivity contribution < 1.29 is 4.79 Å². The minimum atomic E-state index is 0.0720. The number of carbonyl (C=O) groups excluding carboxylic acids is 1. The Kier molecular flexibility index (Phi) is 4.91. The van der Waals surface area contributed by atoms with Gasteiger partial charge in [-0.25, -0.2) is 9.97 Å². The van der Waals surface area contributed by atoms with Crippen LogP contribution in [0.5, 0.6) is 0 Å². The number of aromatic nitrogens is 6. The molecular formula is C25H20N8O. The molecule has 1 amide bonds. The van der Waals surface area contributed by atoms with Gasteiger partial charge in [0, 0.05) is 42.1 Å². The van der Waals surface area contributed by atoms with E-state index < -0.39 is 0 Å². The van der Waals surface area contributed by atoms with Crippen LogP contribution in [-0.2, 0) is 24.3 Å². The standard InChI is InChI=1S/C25H20N8O/c34-24(9-16-5-8-27-28-12-16)33-14-18-2-1-17(10-20(18)15-33)25-26-7-6-23(31-25)30-21-3-4-22-19(11-21)13-29-32-22/h1-8,10-13H,9,14-15H2,(H,29,32)(H,26,30,31). The number of nitrogens with zero attached hydrogens (tertiary/aromatic N) is 6. The molecule has 0 spiro atoms. The highest BCUT2D eigenvalue weighted by Crippen LogP contribution is 2.28. The number of rotatable bonds is 5. The fraction of sp³-hybridized carbons (Fsp3) is 0.120. The normalized spacial score (nSPS) is 12.6. The van der Waals surface area contributed by atoms with Crippen LogP contribution in [0.1, 0.15) is 16.7 Å². The minimum Gasteiger partial charge on any atom is -0.340 e. The zero-order valence-electron chi connectivity index (χ0n) is 18.1. The SMILES string of the molecule is O=C(Cc1ccnnc1)N1Cc2ccc(-c3nccc(Nc4ccc5[nH]ncc5c4)n3)cc2C1. The van der Waals surface area contributed by atoms with Gasteiger partial charge in [-0.1, -0.05) is 12.1 Å². The predicted molar refractivity (Wildman–Crippen MR) is 127 cm³/mol. The summed E-state index contributed by atoms with van der Waals surface area (Å²) < 4.78 is 0. The zero-order chi connectivity index (χ0) is 22.9. The van der Waals surface area contributed by atoms with Crippen molar-refractivity contribution >= 4 is 28.3 Å². The maximum Gasteiger partial charge on any atom is 0.227 e. The quantitative estimate of drug-likeness (QED) is 0.422. The molecule has 0 saturated heterocycles. The first-order valence-electron chi connectivity index (χ1n) is 10.9. The topological polar surface area (TPSA) is 113 Å². The molecule has 9 heteroatoms. The van der Waals surface area contributed by atoms with Crippen molar-refractivity contribution in [2.45, 2.75) is 19.5 Å².